The summed E-state index contributed by atoms with van der Waals surface area (Å²) in [5.41, 5.74) is 0.600. The third kappa shape index (κ3) is 4.86. The fourth-order valence-electron chi connectivity index (χ4n) is 2.45. The van der Waals surface area contributed by atoms with Crippen molar-refractivity contribution in [3.63, 3.8) is 0 Å². The predicted molar refractivity (Wildman–Crippen MR) is 91.5 cm³/mol. The lowest BCUT2D eigenvalue weighted by atomic mass is 10.2. The lowest BCUT2D eigenvalue weighted by molar-refractivity contribution is -0.384. The van der Waals surface area contributed by atoms with Crippen LogP contribution < -0.4 is 0 Å². The maximum Gasteiger partial charge on any atom is 0.270 e. The first-order valence-corrected chi connectivity index (χ1v) is 8.32. The number of unbranched alkanes of at least 4 members (excludes halogenated alkanes) is 2. The molecule has 0 saturated carbocycles. The van der Waals surface area contributed by atoms with E-state index in [0.717, 1.165) is 13.0 Å². The molecule has 0 saturated heterocycles. The highest BCUT2D eigenvalue weighted by atomic mass is 16.6. The molecule has 7 nitrogen and oxygen atoms in total. The van der Waals surface area contributed by atoms with E-state index in [0.29, 0.717) is 29.9 Å². The van der Waals surface area contributed by atoms with Crippen molar-refractivity contribution in [1.82, 2.24) is 15.0 Å². The Morgan fingerprint density at radius 2 is 2.12 bits per heavy atom. The zero-order valence-electron chi connectivity index (χ0n) is 14.4. The third-order valence-electron chi connectivity index (χ3n) is 3.90. The van der Waals surface area contributed by atoms with Gasteiger partial charge in [-0.15, -0.1) is 0 Å². The lowest BCUT2D eigenvalue weighted by Gasteiger charge is -2.24. The largest absolute Gasteiger partial charge is 0.338 e. The molecule has 0 aliphatic carbocycles. The van der Waals surface area contributed by atoms with Crippen LogP contribution in [0.25, 0.3) is 11.4 Å². The van der Waals surface area contributed by atoms with Gasteiger partial charge in [0.05, 0.1) is 11.5 Å². The van der Waals surface area contributed by atoms with Crippen LogP contribution in [0.15, 0.2) is 28.8 Å². The van der Waals surface area contributed by atoms with Gasteiger partial charge >= 0.3 is 0 Å². The fourth-order valence-corrected chi connectivity index (χ4v) is 2.45. The quantitative estimate of drug-likeness (QED) is 0.391. The van der Waals surface area contributed by atoms with Crippen molar-refractivity contribution >= 4 is 5.69 Å². The molecule has 1 heterocycles. The van der Waals surface area contributed by atoms with Crippen LogP contribution in [0.4, 0.5) is 5.69 Å². The zero-order chi connectivity index (χ0) is 17.5. The molecule has 0 bridgehead atoms. The second kappa shape index (κ2) is 8.54. The highest BCUT2D eigenvalue weighted by Gasteiger charge is 2.16. The Morgan fingerprint density at radius 1 is 1.33 bits per heavy atom. The Labute approximate surface area is 141 Å². The molecule has 0 aliphatic heterocycles. The van der Waals surface area contributed by atoms with Crippen molar-refractivity contribution in [2.75, 3.05) is 6.54 Å². The highest BCUT2D eigenvalue weighted by Crippen LogP contribution is 2.22. The Balaban J connectivity index is 2.09. The minimum Gasteiger partial charge on any atom is -0.338 e. The van der Waals surface area contributed by atoms with Gasteiger partial charge in [-0.25, -0.2) is 0 Å². The molecule has 7 heteroatoms. The van der Waals surface area contributed by atoms with E-state index in [4.69, 9.17) is 4.52 Å². The monoisotopic (exact) mass is 332 g/mol. The Morgan fingerprint density at radius 3 is 2.79 bits per heavy atom. The molecule has 0 spiro atoms. The first-order chi connectivity index (χ1) is 11.5. The second-order valence-corrected chi connectivity index (χ2v) is 6.09. The van der Waals surface area contributed by atoms with E-state index in [1.807, 2.05) is 0 Å². The van der Waals surface area contributed by atoms with Crippen LogP contribution in [0.1, 0.15) is 45.9 Å². The number of hydrogen-bond donors (Lipinski definition) is 0. The second-order valence-electron chi connectivity index (χ2n) is 6.09. The smallest absolute Gasteiger partial charge is 0.270 e. The minimum absolute atomic E-state index is 0.0159. The molecule has 0 radical (unpaired) electrons. The van der Waals surface area contributed by atoms with Gasteiger partial charge in [0.25, 0.3) is 5.69 Å². The van der Waals surface area contributed by atoms with Crippen molar-refractivity contribution in [3.05, 3.63) is 40.3 Å². The van der Waals surface area contributed by atoms with Crippen LogP contribution in [0.5, 0.6) is 0 Å². The first-order valence-electron chi connectivity index (χ1n) is 8.32. The molecule has 0 fully saturated rings. The summed E-state index contributed by atoms with van der Waals surface area (Å²) in [6, 6.07) is 6.64. The van der Waals surface area contributed by atoms with Gasteiger partial charge in [0, 0.05) is 23.7 Å². The van der Waals surface area contributed by atoms with Crippen molar-refractivity contribution < 1.29 is 9.45 Å². The highest BCUT2D eigenvalue weighted by molar-refractivity contribution is 5.58. The maximum absolute atomic E-state index is 10.9. The molecule has 0 amide bonds. The van der Waals surface area contributed by atoms with Crippen LogP contribution in [0.2, 0.25) is 0 Å². The summed E-state index contributed by atoms with van der Waals surface area (Å²) < 4.78 is 5.33. The topological polar surface area (TPSA) is 85.3 Å². The van der Waals surface area contributed by atoms with Crippen molar-refractivity contribution in [2.24, 2.45) is 0 Å². The van der Waals surface area contributed by atoms with E-state index in [1.54, 1.807) is 12.1 Å². The average Bonchev–Trinajstić information content (AvgIpc) is 3.02. The number of nitro groups is 1. The molecule has 0 N–H and O–H groups in total. The molecular weight excluding hydrogens is 308 g/mol. The molecule has 24 heavy (non-hydrogen) atoms. The summed E-state index contributed by atoms with van der Waals surface area (Å²) in [6.45, 7) is 8.04. The number of nitro benzene ring substituents is 1. The number of non-ortho nitro benzene ring substituents is 1. The molecule has 130 valence electrons. The van der Waals surface area contributed by atoms with Gasteiger partial charge in [0.2, 0.25) is 11.7 Å². The molecular formula is C17H24N4O3. The Kier molecular flexibility index (Phi) is 6.43. The molecule has 2 aromatic rings. The van der Waals surface area contributed by atoms with Gasteiger partial charge in [-0.05, 0) is 26.8 Å². The third-order valence-corrected chi connectivity index (χ3v) is 3.90. The molecule has 1 aromatic heterocycles. The van der Waals surface area contributed by atoms with E-state index in [-0.39, 0.29) is 5.69 Å². The van der Waals surface area contributed by atoms with E-state index < -0.39 is 4.92 Å². The fraction of sp³-hybridized carbons (Fsp3) is 0.529. The summed E-state index contributed by atoms with van der Waals surface area (Å²) in [4.78, 5) is 17.1. The summed E-state index contributed by atoms with van der Waals surface area (Å²) in [6.07, 6.45) is 3.52. The van der Waals surface area contributed by atoms with Crippen molar-refractivity contribution in [2.45, 2.75) is 52.6 Å². The number of nitrogens with zero attached hydrogens (tertiary/aromatic N) is 4. The van der Waals surface area contributed by atoms with Gasteiger partial charge in [0.1, 0.15) is 0 Å². The standard InChI is InChI=1S/C17H24N4O3/c1-4-5-6-10-20(13(2)3)12-16-18-17(19-24-16)14-8-7-9-15(11-14)21(22)23/h7-9,11,13H,4-6,10,12H2,1-3H3. The minimum atomic E-state index is -0.432. The number of hydrogen-bond acceptors (Lipinski definition) is 6. The van der Waals surface area contributed by atoms with Crippen molar-refractivity contribution in [3.8, 4) is 11.4 Å². The molecule has 0 unspecified atom stereocenters. The summed E-state index contributed by atoms with van der Waals surface area (Å²) in [7, 11) is 0. The average molecular weight is 332 g/mol. The van der Waals surface area contributed by atoms with E-state index in [2.05, 4.69) is 35.8 Å². The van der Waals surface area contributed by atoms with Gasteiger partial charge in [-0.1, -0.05) is 37.1 Å². The van der Waals surface area contributed by atoms with Gasteiger partial charge < -0.3 is 4.52 Å². The van der Waals surface area contributed by atoms with Crippen molar-refractivity contribution in [1.29, 1.82) is 0 Å². The van der Waals surface area contributed by atoms with Crippen LogP contribution in [-0.4, -0.2) is 32.6 Å². The number of benzene rings is 1. The number of aromatic nitrogens is 2. The number of rotatable bonds is 9. The van der Waals surface area contributed by atoms with Crippen LogP contribution >= 0.6 is 0 Å². The Hall–Kier alpha value is -2.28. The lowest BCUT2D eigenvalue weighted by Crippen LogP contribution is -2.31. The van der Waals surface area contributed by atoms with E-state index in [9.17, 15) is 10.1 Å². The Bertz CT molecular complexity index is 669. The molecule has 0 atom stereocenters. The van der Waals surface area contributed by atoms with E-state index >= 15 is 0 Å². The van der Waals surface area contributed by atoms with E-state index in [1.165, 1.54) is 25.0 Å². The van der Waals surface area contributed by atoms with Gasteiger partial charge in [-0.2, -0.15) is 4.98 Å². The van der Waals surface area contributed by atoms with Crippen LogP contribution in [-0.2, 0) is 6.54 Å². The maximum atomic E-state index is 10.9. The molecule has 1 aromatic carbocycles. The summed E-state index contributed by atoms with van der Waals surface area (Å²) in [5, 5.41) is 14.8. The summed E-state index contributed by atoms with van der Waals surface area (Å²) >= 11 is 0. The summed E-state index contributed by atoms with van der Waals surface area (Å²) in [5.74, 6) is 0.910. The van der Waals surface area contributed by atoms with Gasteiger partial charge in [0.15, 0.2) is 0 Å². The first kappa shape index (κ1) is 18.1. The predicted octanol–water partition coefficient (Wildman–Crippen LogP) is 4.05. The molecule has 0 aliphatic rings. The SMILES string of the molecule is CCCCCN(Cc1nc(-c2cccc([N+](=O)[O-])c2)no1)C(C)C. The van der Waals surface area contributed by atoms with Crippen LogP contribution in [0.3, 0.4) is 0 Å². The van der Waals surface area contributed by atoms with Gasteiger partial charge in [-0.3, -0.25) is 15.0 Å². The molecule has 2 rings (SSSR count). The van der Waals surface area contributed by atoms with Crippen LogP contribution in [0, 0.1) is 10.1 Å². The zero-order valence-corrected chi connectivity index (χ0v) is 14.4. The normalized spacial score (nSPS) is 11.4.